The number of aryl methyl sites for hydroxylation is 1. The van der Waals surface area contributed by atoms with Crippen LogP contribution in [0.15, 0.2) is 24.4 Å². The molecule has 0 bridgehead atoms. The first-order valence-electron chi connectivity index (χ1n) is 5.36. The number of ether oxygens (including phenoxy) is 1. The van der Waals surface area contributed by atoms with E-state index >= 15 is 0 Å². The Kier molecular flexibility index (Phi) is 3.71. The fraction of sp³-hybridized carbons (Fsp3) is 0.167. The Morgan fingerprint density at radius 1 is 1.47 bits per heavy atom. The summed E-state index contributed by atoms with van der Waals surface area (Å²) < 4.78 is 20.0. The molecule has 1 aromatic carbocycles. The van der Waals surface area contributed by atoms with E-state index < -0.39 is 11.8 Å². The molecule has 1 N–H and O–H groups in total. The number of carbonyl (C=O) groups excluding carboxylic acids is 1. The molecule has 2 rings (SSSR count). The highest BCUT2D eigenvalue weighted by Gasteiger charge is 2.20. The van der Waals surface area contributed by atoms with Crippen molar-refractivity contribution in [3.8, 4) is 0 Å². The molecule has 0 saturated carbocycles. The SMILES string of the molecule is COC(=O)c1c(Nc2ccnn2C)ccc(Cl)c1F. The van der Waals surface area contributed by atoms with Gasteiger partial charge in [0.25, 0.3) is 0 Å². The summed E-state index contributed by atoms with van der Waals surface area (Å²) in [7, 11) is 2.89. The third kappa shape index (κ3) is 2.53. The summed E-state index contributed by atoms with van der Waals surface area (Å²) >= 11 is 5.67. The van der Waals surface area contributed by atoms with Crippen LogP contribution in [-0.4, -0.2) is 22.9 Å². The first kappa shape index (κ1) is 13.4. The number of hydrogen-bond donors (Lipinski definition) is 1. The average Bonchev–Trinajstić information content (AvgIpc) is 2.79. The predicted molar refractivity (Wildman–Crippen MR) is 69.2 cm³/mol. The van der Waals surface area contributed by atoms with Gasteiger partial charge in [-0.1, -0.05) is 11.6 Å². The molecule has 0 spiro atoms. The molecule has 0 radical (unpaired) electrons. The quantitative estimate of drug-likeness (QED) is 0.880. The number of hydrogen-bond acceptors (Lipinski definition) is 4. The van der Waals surface area contributed by atoms with Gasteiger partial charge in [-0.15, -0.1) is 0 Å². The number of aromatic nitrogens is 2. The maximum atomic E-state index is 13.9. The van der Waals surface area contributed by atoms with Crippen LogP contribution in [-0.2, 0) is 11.8 Å². The minimum atomic E-state index is -0.819. The second kappa shape index (κ2) is 5.27. The zero-order valence-corrected chi connectivity index (χ0v) is 11.0. The topological polar surface area (TPSA) is 56.1 Å². The van der Waals surface area contributed by atoms with Crippen LogP contribution < -0.4 is 5.32 Å². The zero-order chi connectivity index (χ0) is 14.0. The molecular formula is C12H11ClFN3O2. The van der Waals surface area contributed by atoms with Crippen LogP contribution in [0.3, 0.4) is 0 Å². The van der Waals surface area contributed by atoms with Gasteiger partial charge in [0.15, 0.2) is 5.82 Å². The van der Waals surface area contributed by atoms with Crippen molar-refractivity contribution >= 4 is 29.1 Å². The number of rotatable bonds is 3. The van der Waals surface area contributed by atoms with E-state index in [2.05, 4.69) is 15.2 Å². The van der Waals surface area contributed by atoms with E-state index in [4.69, 9.17) is 11.6 Å². The van der Waals surface area contributed by atoms with Crippen molar-refractivity contribution in [2.24, 2.45) is 7.05 Å². The lowest BCUT2D eigenvalue weighted by atomic mass is 10.1. The van der Waals surface area contributed by atoms with Crippen LogP contribution in [0.25, 0.3) is 0 Å². The van der Waals surface area contributed by atoms with Crippen molar-refractivity contribution < 1.29 is 13.9 Å². The summed E-state index contributed by atoms with van der Waals surface area (Å²) in [6, 6.07) is 4.56. The van der Waals surface area contributed by atoms with Gasteiger partial charge in [-0.2, -0.15) is 5.10 Å². The Hall–Kier alpha value is -2.08. The fourth-order valence-electron chi connectivity index (χ4n) is 1.59. The van der Waals surface area contributed by atoms with Crippen molar-refractivity contribution in [1.82, 2.24) is 9.78 Å². The molecule has 0 amide bonds. The Labute approximate surface area is 113 Å². The van der Waals surface area contributed by atoms with E-state index in [1.807, 2.05) is 0 Å². The predicted octanol–water partition coefficient (Wildman–Crippen LogP) is 2.74. The van der Waals surface area contributed by atoms with Crippen molar-refractivity contribution in [3.05, 3.63) is 40.8 Å². The number of nitrogens with one attached hydrogen (secondary N) is 1. The lowest BCUT2D eigenvalue weighted by Gasteiger charge is -2.12. The lowest BCUT2D eigenvalue weighted by Crippen LogP contribution is -2.10. The maximum absolute atomic E-state index is 13.9. The summed E-state index contributed by atoms with van der Waals surface area (Å²) in [6.45, 7) is 0. The molecule has 0 aliphatic carbocycles. The molecule has 0 fully saturated rings. The number of halogens is 2. The Morgan fingerprint density at radius 2 is 2.21 bits per heavy atom. The third-order valence-corrected chi connectivity index (χ3v) is 2.86. The molecule has 0 atom stereocenters. The summed E-state index contributed by atoms with van der Waals surface area (Å²) in [6.07, 6.45) is 1.58. The molecule has 0 aliphatic heterocycles. The molecule has 0 unspecified atom stereocenters. The molecule has 1 aromatic heterocycles. The third-order valence-electron chi connectivity index (χ3n) is 2.57. The highest BCUT2D eigenvalue weighted by atomic mass is 35.5. The van der Waals surface area contributed by atoms with Crippen molar-refractivity contribution in [3.63, 3.8) is 0 Å². The van der Waals surface area contributed by atoms with E-state index in [1.165, 1.54) is 19.2 Å². The van der Waals surface area contributed by atoms with Gasteiger partial charge in [0, 0.05) is 13.1 Å². The summed E-state index contributed by atoms with van der Waals surface area (Å²) in [5.41, 5.74) is 0.0218. The summed E-state index contributed by atoms with van der Waals surface area (Å²) in [5.74, 6) is -1.02. The van der Waals surface area contributed by atoms with Gasteiger partial charge in [0.05, 0.1) is 24.0 Å². The van der Waals surface area contributed by atoms with Gasteiger partial charge in [-0.3, -0.25) is 4.68 Å². The maximum Gasteiger partial charge on any atom is 0.343 e. The molecule has 2 aromatic rings. The molecule has 100 valence electrons. The molecule has 1 heterocycles. The average molecular weight is 284 g/mol. The van der Waals surface area contributed by atoms with Crippen LogP contribution in [0.4, 0.5) is 15.9 Å². The number of carbonyl (C=O) groups is 1. The Morgan fingerprint density at radius 3 is 2.79 bits per heavy atom. The number of anilines is 2. The Bertz CT molecular complexity index is 627. The highest BCUT2D eigenvalue weighted by molar-refractivity contribution is 6.31. The second-order valence-electron chi connectivity index (χ2n) is 3.74. The van der Waals surface area contributed by atoms with E-state index in [0.29, 0.717) is 5.82 Å². The van der Waals surface area contributed by atoms with Crippen LogP contribution in [0.5, 0.6) is 0 Å². The van der Waals surface area contributed by atoms with Crippen LogP contribution >= 0.6 is 11.6 Å². The van der Waals surface area contributed by atoms with E-state index in [-0.39, 0.29) is 16.3 Å². The number of nitrogens with zero attached hydrogens (tertiary/aromatic N) is 2. The first-order valence-corrected chi connectivity index (χ1v) is 5.73. The van der Waals surface area contributed by atoms with Crippen molar-refractivity contribution in [2.75, 3.05) is 12.4 Å². The smallest absolute Gasteiger partial charge is 0.343 e. The van der Waals surface area contributed by atoms with Gasteiger partial charge in [-0.05, 0) is 12.1 Å². The molecule has 19 heavy (non-hydrogen) atoms. The Balaban J connectivity index is 2.48. The largest absolute Gasteiger partial charge is 0.465 e. The van der Waals surface area contributed by atoms with Gasteiger partial charge >= 0.3 is 5.97 Å². The molecule has 0 saturated heterocycles. The van der Waals surface area contributed by atoms with Gasteiger partial charge in [-0.25, -0.2) is 9.18 Å². The van der Waals surface area contributed by atoms with Crippen molar-refractivity contribution in [1.29, 1.82) is 0 Å². The number of benzene rings is 1. The van der Waals surface area contributed by atoms with E-state index in [9.17, 15) is 9.18 Å². The minimum absolute atomic E-state index is 0.143. The van der Waals surface area contributed by atoms with Crippen LogP contribution in [0.1, 0.15) is 10.4 Å². The normalized spacial score (nSPS) is 10.3. The minimum Gasteiger partial charge on any atom is -0.465 e. The summed E-state index contributed by atoms with van der Waals surface area (Å²) in [5, 5.41) is 6.73. The molecule has 0 aliphatic rings. The van der Waals surface area contributed by atoms with Gasteiger partial charge < -0.3 is 10.1 Å². The van der Waals surface area contributed by atoms with E-state index in [0.717, 1.165) is 0 Å². The monoisotopic (exact) mass is 283 g/mol. The number of methoxy groups -OCH3 is 1. The molecule has 7 heteroatoms. The molecule has 5 nitrogen and oxygen atoms in total. The number of esters is 1. The lowest BCUT2D eigenvalue weighted by molar-refractivity contribution is 0.0597. The first-order chi connectivity index (χ1) is 9.04. The standard InChI is InChI=1S/C12H11ClFN3O2/c1-17-9(5-6-15-17)16-8-4-3-7(13)11(14)10(8)12(18)19-2/h3-6,16H,1-2H3. The highest BCUT2D eigenvalue weighted by Crippen LogP contribution is 2.28. The van der Waals surface area contributed by atoms with Gasteiger partial charge in [0.1, 0.15) is 11.4 Å². The fourth-order valence-corrected chi connectivity index (χ4v) is 1.75. The second-order valence-corrected chi connectivity index (χ2v) is 4.15. The van der Waals surface area contributed by atoms with E-state index in [1.54, 1.807) is 24.0 Å². The van der Waals surface area contributed by atoms with Gasteiger partial charge in [0.2, 0.25) is 0 Å². The van der Waals surface area contributed by atoms with Crippen LogP contribution in [0, 0.1) is 5.82 Å². The molecular weight excluding hydrogens is 273 g/mol. The summed E-state index contributed by atoms with van der Waals surface area (Å²) in [4.78, 5) is 11.6. The van der Waals surface area contributed by atoms with Crippen LogP contribution in [0.2, 0.25) is 5.02 Å². The van der Waals surface area contributed by atoms with Crippen molar-refractivity contribution in [2.45, 2.75) is 0 Å². The zero-order valence-electron chi connectivity index (χ0n) is 10.3.